The summed E-state index contributed by atoms with van der Waals surface area (Å²) in [5.74, 6) is -0.294. The van der Waals surface area contributed by atoms with Crippen molar-refractivity contribution in [1.82, 2.24) is 14.8 Å². The van der Waals surface area contributed by atoms with Crippen molar-refractivity contribution in [2.24, 2.45) is 5.92 Å². The van der Waals surface area contributed by atoms with Crippen LogP contribution in [0, 0.1) is 24.2 Å². The maximum atomic E-state index is 11.8. The van der Waals surface area contributed by atoms with Crippen molar-refractivity contribution in [1.29, 1.82) is 5.26 Å². The number of nitriles is 1. The maximum Gasteiger partial charge on any atom is 0.306 e. The van der Waals surface area contributed by atoms with Crippen molar-refractivity contribution in [2.75, 3.05) is 13.2 Å². The molecule has 2 aromatic heterocycles. The minimum absolute atomic E-state index is 0.0165. The number of aromatic amines is 1. The molecule has 0 spiro atoms. The number of carboxylic acids is 1. The molecule has 4 rings (SSSR count). The summed E-state index contributed by atoms with van der Waals surface area (Å²) < 4.78 is 14.2. The molecule has 0 amide bonds. The number of rotatable bonds is 8. The lowest BCUT2D eigenvalue weighted by atomic mass is 9.77. The van der Waals surface area contributed by atoms with Crippen LogP contribution in [0.3, 0.4) is 0 Å². The summed E-state index contributed by atoms with van der Waals surface area (Å²) in [6.45, 7) is 8.85. The van der Waals surface area contributed by atoms with Crippen molar-refractivity contribution in [3.05, 3.63) is 46.9 Å². The number of hydrogen-bond acceptors (Lipinski definition) is 5. The van der Waals surface area contributed by atoms with Crippen LogP contribution in [0.2, 0.25) is 0 Å². The van der Waals surface area contributed by atoms with Gasteiger partial charge in [-0.25, -0.2) is 0 Å². The van der Waals surface area contributed by atoms with Crippen molar-refractivity contribution in [3.8, 4) is 11.8 Å². The second-order valence-corrected chi connectivity index (χ2v) is 8.90. The monoisotopic (exact) mass is 450 g/mol. The smallest absolute Gasteiger partial charge is 0.306 e. The van der Waals surface area contributed by atoms with Crippen LogP contribution in [-0.2, 0) is 21.6 Å². The predicted molar refractivity (Wildman–Crippen MR) is 123 cm³/mol. The number of nitrogens with one attached hydrogen (secondary N) is 1. The van der Waals surface area contributed by atoms with E-state index >= 15 is 0 Å². The van der Waals surface area contributed by atoms with Gasteiger partial charge in [-0.05, 0) is 43.9 Å². The molecule has 3 aromatic rings. The minimum atomic E-state index is -0.956. The molecule has 1 aliphatic heterocycles. The van der Waals surface area contributed by atoms with E-state index in [0.717, 1.165) is 34.1 Å². The van der Waals surface area contributed by atoms with Crippen LogP contribution >= 0.6 is 0 Å². The second kappa shape index (κ2) is 8.91. The molecule has 0 saturated heterocycles. The van der Waals surface area contributed by atoms with Crippen LogP contribution in [0.1, 0.15) is 62.0 Å². The summed E-state index contributed by atoms with van der Waals surface area (Å²) in [7, 11) is 0. The molecule has 8 nitrogen and oxygen atoms in total. The molecule has 2 N–H and O–H groups in total. The van der Waals surface area contributed by atoms with Crippen molar-refractivity contribution >= 4 is 16.9 Å². The van der Waals surface area contributed by atoms with Gasteiger partial charge in [0.05, 0.1) is 41.9 Å². The molecule has 3 heterocycles. The normalized spacial score (nSPS) is 19.6. The zero-order chi connectivity index (χ0) is 23.8. The molecule has 0 fully saturated rings. The van der Waals surface area contributed by atoms with Crippen LogP contribution in [-0.4, -0.2) is 39.1 Å². The largest absolute Gasteiger partial charge is 0.491 e. The molecule has 3 atom stereocenters. The number of ether oxygens (including phenoxy) is 2. The van der Waals surface area contributed by atoms with Crippen LogP contribution in [0.5, 0.6) is 5.75 Å². The number of hydrogen-bond donors (Lipinski definition) is 2. The number of carbonyl (C=O) groups is 1. The van der Waals surface area contributed by atoms with E-state index < -0.39 is 11.6 Å². The summed E-state index contributed by atoms with van der Waals surface area (Å²) in [6.07, 6.45) is 4.88. The Kier molecular flexibility index (Phi) is 6.17. The Morgan fingerprint density at radius 1 is 1.48 bits per heavy atom. The van der Waals surface area contributed by atoms with Crippen molar-refractivity contribution in [3.63, 3.8) is 0 Å². The Morgan fingerprint density at radius 3 is 2.91 bits per heavy atom. The van der Waals surface area contributed by atoms with E-state index in [1.54, 1.807) is 12.3 Å². The van der Waals surface area contributed by atoms with Gasteiger partial charge >= 0.3 is 5.97 Å². The van der Waals surface area contributed by atoms with Crippen molar-refractivity contribution < 1.29 is 19.4 Å². The zero-order valence-electron chi connectivity index (χ0n) is 19.5. The topological polar surface area (TPSA) is 113 Å². The van der Waals surface area contributed by atoms with Crippen molar-refractivity contribution in [2.45, 2.75) is 58.6 Å². The molecule has 1 aliphatic rings. The van der Waals surface area contributed by atoms with E-state index in [1.165, 1.54) is 0 Å². The number of nitrogens with zero attached hydrogens (tertiary/aromatic N) is 3. The number of benzene rings is 1. The van der Waals surface area contributed by atoms with Gasteiger partial charge in [0, 0.05) is 23.3 Å². The first kappa shape index (κ1) is 22.9. The SMILES string of the molecule is CC[C@H](C)[C@]1(CC(=O)O)OCCc2c1[nH]c1c(C)c(OC[C@H](C)n3cccn3)cc(C#N)c21. The summed E-state index contributed by atoms with van der Waals surface area (Å²) >= 11 is 0. The number of aliphatic carboxylic acids is 1. The maximum absolute atomic E-state index is 11.8. The molecule has 0 unspecified atom stereocenters. The Labute approximate surface area is 193 Å². The summed E-state index contributed by atoms with van der Waals surface area (Å²) in [6, 6.07) is 6.01. The lowest BCUT2D eigenvalue weighted by Gasteiger charge is -2.40. The van der Waals surface area contributed by atoms with Gasteiger partial charge < -0.3 is 19.6 Å². The van der Waals surface area contributed by atoms with Gasteiger partial charge in [0.1, 0.15) is 18.0 Å². The fourth-order valence-electron chi connectivity index (χ4n) is 4.89. The summed E-state index contributed by atoms with van der Waals surface area (Å²) in [5, 5.41) is 24.8. The molecule has 0 radical (unpaired) electrons. The first-order valence-corrected chi connectivity index (χ1v) is 11.4. The van der Waals surface area contributed by atoms with E-state index in [4.69, 9.17) is 9.47 Å². The average Bonchev–Trinajstić information content (AvgIpc) is 3.47. The third kappa shape index (κ3) is 3.87. The first-order chi connectivity index (χ1) is 15.8. The highest BCUT2D eigenvalue weighted by Crippen LogP contribution is 2.47. The molecule has 33 heavy (non-hydrogen) atoms. The Morgan fingerprint density at radius 2 is 2.27 bits per heavy atom. The van der Waals surface area contributed by atoms with E-state index in [9.17, 15) is 15.2 Å². The number of H-pyrrole nitrogens is 1. The van der Waals surface area contributed by atoms with Gasteiger partial charge in [-0.3, -0.25) is 9.48 Å². The van der Waals surface area contributed by atoms with Crippen LogP contribution < -0.4 is 4.74 Å². The second-order valence-electron chi connectivity index (χ2n) is 8.90. The van der Waals surface area contributed by atoms with Crippen LogP contribution in [0.15, 0.2) is 24.5 Å². The lowest BCUT2D eigenvalue weighted by molar-refractivity contribution is -0.155. The quantitative estimate of drug-likeness (QED) is 0.523. The predicted octanol–water partition coefficient (Wildman–Crippen LogP) is 4.47. The van der Waals surface area contributed by atoms with Crippen LogP contribution in [0.4, 0.5) is 0 Å². The number of carboxylic acid groups (broad SMARTS) is 1. The molecule has 8 heteroatoms. The number of aryl methyl sites for hydroxylation is 1. The highest BCUT2D eigenvalue weighted by Gasteiger charge is 2.46. The first-order valence-electron chi connectivity index (χ1n) is 11.4. The third-order valence-electron chi connectivity index (χ3n) is 6.93. The van der Waals surface area contributed by atoms with E-state index in [2.05, 4.69) is 16.2 Å². The van der Waals surface area contributed by atoms with Gasteiger partial charge in [-0.2, -0.15) is 10.4 Å². The van der Waals surface area contributed by atoms with Gasteiger partial charge in [-0.15, -0.1) is 0 Å². The van der Waals surface area contributed by atoms with Gasteiger partial charge in [-0.1, -0.05) is 20.3 Å². The zero-order valence-corrected chi connectivity index (χ0v) is 19.5. The molecule has 174 valence electrons. The number of fused-ring (bicyclic) bond motifs is 3. The number of aromatic nitrogens is 3. The van der Waals surface area contributed by atoms with E-state index in [-0.39, 0.29) is 18.4 Å². The summed E-state index contributed by atoms with van der Waals surface area (Å²) in [5.41, 5.74) is 3.02. The minimum Gasteiger partial charge on any atom is -0.491 e. The summed E-state index contributed by atoms with van der Waals surface area (Å²) in [4.78, 5) is 15.3. The molecule has 0 aliphatic carbocycles. The fourth-order valence-corrected chi connectivity index (χ4v) is 4.89. The molecular formula is C25H30N4O4. The highest BCUT2D eigenvalue weighted by atomic mass is 16.5. The van der Waals surface area contributed by atoms with E-state index in [1.807, 2.05) is 44.6 Å². The Balaban J connectivity index is 1.82. The van der Waals surface area contributed by atoms with Gasteiger partial charge in [0.25, 0.3) is 0 Å². The van der Waals surface area contributed by atoms with Crippen LogP contribution in [0.25, 0.3) is 10.9 Å². The van der Waals surface area contributed by atoms with Gasteiger partial charge in [0.15, 0.2) is 0 Å². The molecular weight excluding hydrogens is 420 g/mol. The molecule has 1 aromatic carbocycles. The van der Waals surface area contributed by atoms with Gasteiger partial charge in [0.2, 0.25) is 0 Å². The fraction of sp³-hybridized carbons (Fsp3) is 0.480. The lowest BCUT2D eigenvalue weighted by Crippen LogP contribution is -2.43. The Bertz CT molecular complexity index is 1210. The molecule has 0 saturated carbocycles. The third-order valence-corrected chi connectivity index (χ3v) is 6.93. The average molecular weight is 451 g/mol. The molecule has 0 bridgehead atoms. The highest BCUT2D eigenvalue weighted by molar-refractivity contribution is 5.94. The van der Waals surface area contributed by atoms with E-state index in [0.29, 0.717) is 30.9 Å². The Hall–Kier alpha value is -3.31. The standard InChI is InChI=1S/C25H30N4O4/c1-5-15(2)25(12-21(30)31)24-19(7-10-33-25)22-18(13-26)11-20(17(4)23(22)28-24)32-14-16(3)29-9-6-8-27-29/h6,8-9,11,15-16,28H,5,7,10,12,14H2,1-4H3,(H,30,31)/t15-,16-,25-/m0/s1.